The summed E-state index contributed by atoms with van der Waals surface area (Å²) < 4.78 is 41.7. The Kier molecular flexibility index (Phi) is 6.85. The van der Waals surface area contributed by atoms with Crippen LogP contribution in [-0.4, -0.2) is 57.3 Å². The van der Waals surface area contributed by atoms with Gasteiger partial charge in [-0.25, -0.2) is 17.9 Å². The molecule has 0 saturated heterocycles. The van der Waals surface area contributed by atoms with Gasteiger partial charge in [-0.2, -0.15) is 9.97 Å². The van der Waals surface area contributed by atoms with Crippen LogP contribution in [0.1, 0.15) is 5.56 Å². The number of methoxy groups -OCH3 is 3. The molecule has 27 heavy (non-hydrogen) atoms. The van der Waals surface area contributed by atoms with Crippen LogP contribution in [0.4, 0.5) is 10.7 Å². The fraction of sp³-hybridized carbons (Fsp3) is 0.333. The number of nitrogens with zero attached hydrogens (tertiary/aromatic N) is 3. The summed E-state index contributed by atoms with van der Waals surface area (Å²) in [4.78, 5) is 23.5. The molecular formula is C15H19N5O6S. The molecule has 1 heterocycles. The number of ether oxygens (including phenoxy) is 3. The Balaban J connectivity index is 2.18. The molecule has 1 aromatic carbocycles. The van der Waals surface area contributed by atoms with Crippen molar-refractivity contribution in [2.45, 2.75) is 11.3 Å². The second kappa shape index (κ2) is 9.09. The van der Waals surface area contributed by atoms with Gasteiger partial charge in [-0.05, 0) is 18.1 Å². The number of benzene rings is 1. The van der Waals surface area contributed by atoms with Crippen LogP contribution in [0.5, 0.6) is 12.0 Å². The molecule has 12 heteroatoms. The van der Waals surface area contributed by atoms with E-state index in [0.29, 0.717) is 18.6 Å². The number of urea groups is 1. The lowest BCUT2D eigenvalue weighted by Crippen LogP contribution is -2.35. The fourth-order valence-corrected chi connectivity index (χ4v) is 3.24. The third-order valence-electron chi connectivity index (χ3n) is 3.25. The van der Waals surface area contributed by atoms with Gasteiger partial charge in [0.15, 0.2) is 0 Å². The van der Waals surface area contributed by atoms with E-state index in [4.69, 9.17) is 14.2 Å². The number of rotatable bonds is 8. The molecule has 0 atom stereocenters. The van der Waals surface area contributed by atoms with Crippen molar-refractivity contribution < 1.29 is 27.4 Å². The first-order valence-electron chi connectivity index (χ1n) is 7.64. The Hall–Kier alpha value is -2.99. The van der Waals surface area contributed by atoms with E-state index in [1.54, 1.807) is 18.2 Å². The molecule has 2 amide bonds. The van der Waals surface area contributed by atoms with Crippen molar-refractivity contribution >= 4 is 22.0 Å². The minimum Gasteiger partial charge on any atom is -0.467 e. The number of aromatic nitrogens is 3. The molecule has 146 valence electrons. The highest BCUT2D eigenvalue weighted by molar-refractivity contribution is 7.90. The predicted molar refractivity (Wildman–Crippen MR) is 94.3 cm³/mol. The van der Waals surface area contributed by atoms with Crippen molar-refractivity contribution in [3.05, 3.63) is 29.8 Å². The topological polar surface area (TPSA) is 142 Å². The van der Waals surface area contributed by atoms with Crippen molar-refractivity contribution in [3.8, 4) is 12.0 Å². The molecule has 0 unspecified atom stereocenters. The van der Waals surface area contributed by atoms with Crippen LogP contribution in [-0.2, 0) is 21.2 Å². The first kappa shape index (κ1) is 20.3. The lowest BCUT2D eigenvalue weighted by atomic mass is 10.2. The zero-order valence-electron chi connectivity index (χ0n) is 14.9. The van der Waals surface area contributed by atoms with Gasteiger partial charge >= 0.3 is 18.1 Å². The summed E-state index contributed by atoms with van der Waals surface area (Å²) in [7, 11) is 0.0296. The molecule has 0 aliphatic carbocycles. The molecule has 0 fully saturated rings. The normalized spacial score (nSPS) is 10.9. The Bertz CT molecular complexity index is 883. The first-order valence-corrected chi connectivity index (χ1v) is 9.12. The third kappa shape index (κ3) is 5.49. The largest absolute Gasteiger partial charge is 0.467 e. The number of hydrogen-bond donors (Lipinski definition) is 2. The van der Waals surface area contributed by atoms with Gasteiger partial charge in [0.1, 0.15) is 0 Å². The molecule has 11 nitrogen and oxygen atoms in total. The van der Waals surface area contributed by atoms with E-state index in [1.165, 1.54) is 27.4 Å². The maximum atomic E-state index is 12.5. The van der Waals surface area contributed by atoms with Crippen LogP contribution in [0.25, 0.3) is 0 Å². The van der Waals surface area contributed by atoms with E-state index in [0.717, 1.165) is 0 Å². The molecule has 0 aliphatic heterocycles. The zero-order valence-corrected chi connectivity index (χ0v) is 15.7. The van der Waals surface area contributed by atoms with E-state index in [9.17, 15) is 13.2 Å². The lowest BCUT2D eigenvalue weighted by molar-refractivity contribution is 0.202. The molecule has 0 saturated carbocycles. The first-order chi connectivity index (χ1) is 12.9. The Morgan fingerprint density at radius 2 is 1.67 bits per heavy atom. The lowest BCUT2D eigenvalue weighted by Gasteiger charge is -2.12. The number of hydrogen-bond acceptors (Lipinski definition) is 9. The molecular weight excluding hydrogens is 378 g/mol. The Labute approximate surface area is 156 Å². The summed E-state index contributed by atoms with van der Waals surface area (Å²) in [6.07, 6.45) is 0.372. The van der Waals surface area contributed by atoms with Gasteiger partial charge in [0.25, 0.3) is 10.0 Å². The molecule has 2 aromatic rings. The van der Waals surface area contributed by atoms with Gasteiger partial charge < -0.3 is 14.2 Å². The highest BCUT2D eigenvalue weighted by Gasteiger charge is 2.21. The van der Waals surface area contributed by atoms with Crippen LogP contribution >= 0.6 is 0 Å². The number of sulfonamides is 1. The summed E-state index contributed by atoms with van der Waals surface area (Å²) >= 11 is 0. The fourth-order valence-electron chi connectivity index (χ4n) is 2.07. The standard InChI is InChI=1S/C15H19N5O6S/c1-24-9-8-10-6-4-5-7-11(10)27(22,23)20-13(21)16-12-17-14(25-2)19-15(18-12)26-3/h4-7H,8-9H2,1-3H3,(H2,16,17,18,19,20,21). The van der Waals surface area contributed by atoms with Crippen LogP contribution in [0.3, 0.4) is 0 Å². The Morgan fingerprint density at radius 1 is 1.04 bits per heavy atom. The second-order valence-electron chi connectivity index (χ2n) is 5.04. The summed E-state index contributed by atoms with van der Waals surface area (Å²) in [5.41, 5.74) is 0.517. The number of amides is 2. The van der Waals surface area contributed by atoms with Gasteiger partial charge in [0.05, 0.1) is 25.7 Å². The van der Waals surface area contributed by atoms with Crippen molar-refractivity contribution in [1.29, 1.82) is 0 Å². The van der Waals surface area contributed by atoms with Crippen molar-refractivity contribution in [2.75, 3.05) is 33.3 Å². The van der Waals surface area contributed by atoms with Crippen molar-refractivity contribution in [3.63, 3.8) is 0 Å². The minimum absolute atomic E-state index is 0.0250. The van der Waals surface area contributed by atoms with Crippen LogP contribution in [0.2, 0.25) is 0 Å². The van der Waals surface area contributed by atoms with Crippen molar-refractivity contribution in [2.24, 2.45) is 0 Å². The van der Waals surface area contributed by atoms with Crippen LogP contribution in [0.15, 0.2) is 29.2 Å². The molecule has 0 bridgehead atoms. The average Bonchev–Trinajstić information content (AvgIpc) is 2.65. The van der Waals surface area contributed by atoms with E-state index in [2.05, 4.69) is 20.3 Å². The van der Waals surface area contributed by atoms with Crippen molar-refractivity contribution in [1.82, 2.24) is 19.7 Å². The van der Waals surface area contributed by atoms with E-state index in [-0.39, 0.29) is 22.9 Å². The van der Waals surface area contributed by atoms with E-state index < -0.39 is 16.1 Å². The predicted octanol–water partition coefficient (Wildman–Crippen LogP) is 0.588. The summed E-state index contributed by atoms with van der Waals surface area (Å²) in [6, 6.07) is 5.04. The zero-order chi connectivity index (χ0) is 19.9. The smallest absolute Gasteiger partial charge is 0.335 e. The van der Waals surface area contributed by atoms with Crippen LogP contribution < -0.4 is 19.5 Å². The maximum Gasteiger partial charge on any atom is 0.335 e. The number of carbonyl (C=O) groups is 1. The summed E-state index contributed by atoms with van der Waals surface area (Å²) in [5, 5.41) is 2.20. The molecule has 0 aliphatic rings. The Morgan fingerprint density at radius 3 is 2.26 bits per heavy atom. The SMILES string of the molecule is COCCc1ccccc1S(=O)(=O)NC(=O)Nc1nc(OC)nc(OC)n1. The maximum absolute atomic E-state index is 12.5. The monoisotopic (exact) mass is 397 g/mol. The molecule has 2 rings (SSSR count). The van der Waals surface area contributed by atoms with Crippen LogP contribution in [0, 0.1) is 0 Å². The molecule has 0 radical (unpaired) electrons. The van der Waals surface area contributed by atoms with E-state index >= 15 is 0 Å². The van der Waals surface area contributed by atoms with Gasteiger partial charge in [0.2, 0.25) is 5.95 Å². The van der Waals surface area contributed by atoms with Gasteiger partial charge in [-0.3, -0.25) is 5.32 Å². The number of anilines is 1. The number of nitrogens with one attached hydrogen (secondary N) is 2. The minimum atomic E-state index is -4.12. The highest BCUT2D eigenvalue weighted by Crippen LogP contribution is 2.17. The van der Waals surface area contributed by atoms with E-state index in [1.807, 2.05) is 4.72 Å². The highest BCUT2D eigenvalue weighted by atomic mass is 32.2. The van der Waals surface area contributed by atoms with Gasteiger partial charge in [0, 0.05) is 7.11 Å². The quantitative estimate of drug-likeness (QED) is 0.654. The molecule has 1 aromatic heterocycles. The third-order valence-corrected chi connectivity index (χ3v) is 4.68. The number of carbonyl (C=O) groups excluding carboxylic acids is 1. The second-order valence-corrected chi connectivity index (χ2v) is 6.69. The average molecular weight is 397 g/mol. The summed E-state index contributed by atoms with van der Waals surface area (Å²) in [6.45, 7) is 0.336. The van der Waals surface area contributed by atoms with Gasteiger partial charge in [-0.1, -0.05) is 18.2 Å². The van der Waals surface area contributed by atoms with Gasteiger partial charge in [-0.15, -0.1) is 4.98 Å². The summed E-state index contributed by atoms with van der Waals surface area (Å²) in [5.74, 6) is -0.237. The molecule has 2 N–H and O–H groups in total. The molecule has 0 spiro atoms.